The Bertz CT molecular complexity index is 3110. The minimum atomic E-state index is 0.733. The van der Waals surface area contributed by atoms with Crippen LogP contribution in [0.25, 0.3) is 95.0 Å². The lowest BCUT2D eigenvalue weighted by atomic mass is 9.87. The van der Waals surface area contributed by atoms with Gasteiger partial charge in [0.2, 0.25) is 0 Å². The Morgan fingerprint density at radius 3 is 1.81 bits per heavy atom. The summed E-state index contributed by atoms with van der Waals surface area (Å²) >= 11 is 0. The summed E-state index contributed by atoms with van der Waals surface area (Å²) in [4.78, 5) is 15.8. The number of aromatic nitrogens is 4. The number of hydrogen-bond donors (Lipinski definition) is 0. The van der Waals surface area contributed by atoms with Crippen LogP contribution in [0.15, 0.2) is 194 Å². The van der Waals surface area contributed by atoms with Gasteiger partial charge in [0.25, 0.3) is 0 Å². The fraction of sp³-hybridized carbons (Fsp3) is 0.0727. The van der Waals surface area contributed by atoms with E-state index in [0.717, 1.165) is 80.1 Å². The van der Waals surface area contributed by atoms with Gasteiger partial charge in [0.05, 0.1) is 22.2 Å². The summed E-state index contributed by atoms with van der Waals surface area (Å²) in [5.41, 5.74) is 17.9. The van der Waals surface area contributed by atoms with Crippen molar-refractivity contribution < 1.29 is 0 Å². The largest absolute Gasteiger partial charge is 0.292 e. The minimum absolute atomic E-state index is 0.733. The van der Waals surface area contributed by atoms with E-state index >= 15 is 0 Å². The van der Waals surface area contributed by atoms with Gasteiger partial charge >= 0.3 is 0 Å². The Labute approximate surface area is 345 Å². The Morgan fingerprint density at radius 1 is 0.407 bits per heavy atom. The van der Waals surface area contributed by atoms with E-state index < -0.39 is 0 Å². The zero-order chi connectivity index (χ0) is 39.7. The molecule has 0 aliphatic carbocycles. The lowest BCUT2D eigenvalue weighted by Crippen LogP contribution is -2.00. The molecule has 0 aliphatic rings. The average Bonchev–Trinajstić information content (AvgIpc) is 3.71. The first-order chi connectivity index (χ1) is 29.2. The number of rotatable bonds is 9. The Balaban J connectivity index is 1.07. The van der Waals surface area contributed by atoms with E-state index in [-0.39, 0.29) is 0 Å². The van der Waals surface area contributed by atoms with Gasteiger partial charge in [0.1, 0.15) is 5.82 Å². The molecule has 10 aromatic rings. The highest BCUT2D eigenvalue weighted by Gasteiger charge is 2.20. The fourth-order valence-electron chi connectivity index (χ4n) is 8.47. The molecule has 10 rings (SSSR count). The van der Waals surface area contributed by atoms with E-state index in [1.165, 1.54) is 38.9 Å². The summed E-state index contributed by atoms with van der Waals surface area (Å²) in [5, 5.41) is 1.04. The Morgan fingerprint density at radius 2 is 1.02 bits per heavy atom. The van der Waals surface area contributed by atoms with Crippen molar-refractivity contribution in [3.63, 3.8) is 0 Å². The van der Waals surface area contributed by atoms with Crippen LogP contribution >= 0.6 is 0 Å². The molecule has 0 unspecified atom stereocenters. The molecular formula is C55H42N4. The first kappa shape index (κ1) is 35.9. The molecule has 282 valence electrons. The van der Waals surface area contributed by atoms with Crippen molar-refractivity contribution in [2.24, 2.45) is 0 Å². The van der Waals surface area contributed by atoms with E-state index in [2.05, 4.69) is 213 Å². The van der Waals surface area contributed by atoms with Crippen molar-refractivity contribution in [3.8, 4) is 73.1 Å². The van der Waals surface area contributed by atoms with Crippen molar-refractivity contribution in [3.05, 3.63) is 205 Å². The second kappa shape index (κ2) is 15.5. The Kier molecular flexibility index (Phi) is 9.44. The van der Waals surface area contributed by atoms with Gasteiger partial charge in [-0.05, 0) is 93.7 Å². The highest BCUT2D eigenvalue weighted by molar-refractivity contribution is 5.96. The average molecular weight is 759 g/mol. The SMILES string of the molecule is CCc1cc(-c2cccc(-c3nc4ccccc4n3-c3ccccc3)c2)ccc1-c1c(CC)cccc1-c1nc(-c2ccc(-c3ccccc3)cc2)c2ccccc2n1. The normalized spacial score (nSPS) is 11.4. The van der Waals surface area contributed by atoms with Crippen molar-refractivity contribution in [1.82, 2.24) is 19.5 Å². The number of fused-ring (bicyclic) bond motifs is 2. The second-order valence-corrected chi connectivity index (χ2v) is 15.0. The molecule has 2 heterocycles. The van der Waals surface area contributed by atoms with Crippen molar-refractivity contribution in [2.45, 2.75) is 26.7 Å². The van der Waals surface area contributed by atoms with Crippen LogP contribution in [-0.2, 0) is 12.8 Å². The molecule has 0 fully saturated rings. The minimum Gasteiger partial charge on any atom is -0.292 e. The molecule has 4 heteroatoms. The molecule has 0 spiro atoms. The third kappa shape index (κ3) is 6.69. The standard InChI is InChI=1S/C55H42N4/c1-3-37-19-16-25-48(54-56-49-26-12-11-24-47(49)53(58-54)41-31-29-40(30-32-41)39-17-7-5-8-18-39)52(37)46-34-33-43(35-38(46)4-2)42-20-15-21-44(36-42)55-57-50-27-13-14-28-51(50)59(55)45-22-9-6-10-23-45/h5-36H,3-4H2,1-2H3. The van der Waals surface area contributed by atoms with Crippen LogP contribution in [-0.4, -0.2) is 19.5 Å². The summed E-state index contributed by atoms with van der Waals surface area (Å²) in [7, 11) is 0. The number of aryl methyl sites for hydroxylation is 2. The summed E-state index contributed by atoms with van der Waals surface area (Å²) in [6.07, 6.45) is 1.77. The first-order valence-electron chi connectivity index (χ1n) is 20.5. The molecule has 0 atom stereocenters. The van der Waals surface area contributed by atoms with E-state index in [0.29, 0.717) is 0 Å². The quantitative estimate of drug-likeness (QED) is 0.147. The van der Waals surface area contributed by atoms with Crippen molar-refractivity contribution in [2.75, 3.05) is 0 Å². The second-order valence-electron chi connectivity index (χ2n) is 15.0. The number of para-hydroxylation sites is 4. The number of imidazole rings is 1. The van der Waals surface area contributed by atoms with Gasteiger partial charge in [-0.3, -0.25) is 4.57 Å². The highest BCUT2D eigenvalue weighted by Crippen LogP contribution is 2.40. The molecule has 2 aromatic heterocycles. The van der Waals surface area contributed by atoms with Gasteiger partial charge < -0.3 is 0 Å². The molecule has 0 saturated heterocycles. The van der Waals surface area contributed by atoms with Gasteiger partial charge in [0.15, 0.2) is 5.82 Å². The molecule has 0 N–H and O–H groups in total. The molecule has 8 aromatic carbocycles. The summed E-state index contributed by atoms with van der Waals surface area (Å²) < 4.78 is 2.26. The predicted octanol–water partition coefficient (Wildman–Crippen LogP) is 14.1. The van der Waals surface area contributed by atoms with E-state index in [1.807, 2.05) is 0 Å². The van der Waals surface area contributed by atoms with Crippen LogP contribution in [0.2, 0.25) is 0 Å². The van der Waals surface area contributed by atoms with Crippen molar-refractivity contribution >= 4 is 21.9 Å². The lowest BCUT2D eigenvalue weighted by molar-refractivity contribution is 1.10. The summed E-state index contributed by atoms with van der Waals surface area (Å²) in [6, 6.07) is 68.8. The third-order valence-electron chi connectivity index (χ3n) is 11.4. The maximum atomic E-state index is 5.39. The molecule has 0 saturated carbocycles. The highest BCUT2D eigenvalue weighted by atomic mass is 15.1. The molecular weight excluding hydrogens is 717 g/mol. The van der Waals surface area contributed by atoms with Crippen LogP contribution in [0.4, 0.5) is 0 Å². The fourth-order valence-corrected chi connectivity index (χ4v) is 8.47. The van der Waals surface area contributed by atoms with Crippen LogP contribution in [0.3, 0.4) is 0 Å². The topological polar surface area (TPSA) is 43.6 Å². The molecule has 0 amide bonds. The number of nitrogens with zero attached hydrogens (tertiary/aromatic N) is 4. The third-order valence-corrected chi connectivity index (χ3v) is 11.4. The van der Waals surface area contributed by atoms with Gasteiger partial charge in [-0.2, -0.15) is 0 Å². The lowest BCUT2D eigenvalue weighted by Gasteiger charge is -2.19. The maximum absolute atomic E-state index is 5.39. The van der Waals surface area contributed by atoms with E-state index in [4.69, 9.17) is 15.0 Å². The molecule has 0 bridgehead atoms. The van der Waals surface area contributed by atoms with Crippen LogP contribution in [0.1, 0.15) is 25.0 Å². The van der Waals surface area contributed by atoms with Gasteiger partial charge in [-0.15, -0.1) is 0 Å². The van der Waals surface area contributed by atoms with Crippen LogP contribution in [0, 0.1) is 0 Å². The van der Waals surface area contributed by atoms with E-state index in [9.17, 15) is 0 Å². The monoisotopic (exact) mass is 758 g/mol. The first-order valence-corrected chi connectivity index (χ1v) is 20.5. The van der Waals surface area contributed by atoms with Crippen molar-refractivity contribution in [1.29, 1.82) is 0 Å². The Hall–Kier alpha value is -7.43. The smallest absolute Gasteiger partial charge is 0.161 e. The van der Waals surface area contributed by atoms with Gasteiger partial charge in [0, 0.05) is 27.8 Å². The van der Waals surface area contributed by atoms with Crippen LogP contribution in [0.5, 0.6) is 0 Å². The van der Waals surface area contributed by atoms with Gasteiger partial charge in [-0.25, -0.2) is 15.0 Å². The van der Waals surface area contributed by atoms with Gasteiger partial charge in [-0.1, -0.05) is 172 Å². The molecule has 0 aliphatic heterocycles. The predicted molar refractivity (Wildman–Crippen MR) is 246 cm³/mol. The number of benzene rings is 8. The molecule has 59 heavy (non-hydrogen) atoms. The molecule has 4 nitrogen and oxygen atoms in total. The zero-order valence-electron chi connectivity index (χ0n) is 33.2. The van der Waals surface area contributed by atoms with E-state index in [1.54, 1.807) is 0 Å². The summed E-state index contributed by atoms with van der Waals surface area (Å²) in [6.45, 7) is 4.48. The zero-order valence-corrected chi connectivity index (χ0v) is 33.2. The maximum Gasteiger partial charge on any atom is 0.161 e. The number of hydrogen-bond acceptors (Lipinski definition) is 3. The molecule has 0 radical (unpaired) electrons. The summed E-state index contributed by atoms with van der Waals surface area (Å²) in [5.74, 6) is 1.66. The van der Waals surface area contributed by atoms with Crippen LogP contribution < -0.4 is 0 Å².